The van der Waals surface area contributed by atoms with Crippen LogP contribution in [-0.2, 0) is 0 Å². The lowest BCUT2D eigenvalue weighted by atomic mass is 9.12. The minimum Gasteiger partial charge on any atom is -0.302 e. The van der Waals surface area contributed by atoms with Crippen molar-refractivity contribution in [1.29, 1.82) is 0 Å². The molecular formula is C59H66BF20N. The Morgan fingerprint density at radius 1 is 0.259 bits per heavy atom. The summed E-state index contributed by atoms with van der Waals surface area (Å²) in [4.78, 5) is 1.74. The van der Waals surface area contributed by atoms with Gasteiger partial charge in [0.1, 0.15) is 58.4 Å². The number of benzene rings is 5. The number of nitrogens with one attached hydrogen (secondary N) is 1. The van der Waals surface area contributed by atoms with Crippen LogP contribution in [0.15, 0.2) is 24.3 Å². The van der Waals surface area contributed by atoms with Gasteiger partial charge < -0.3 is 4.90 Å². The minimum absolute atomic E-state index is 1.32. The van der Waals surface area contributed by atoms with Gasteiger partial charge in [0.2, 0.25) is 0 Å². The molecule has 0 amide bonds. The molecule has 0 heterocycles. The van der Waals surface area contributed by atoms with Gasteiger partial charge in [-0.15, -0.1) is 21.9 Å². The average molecular weight is 1180 g/mol. The Morgan fingerprint density at radius 2 is 0.444 bits per heavy atom. The predicted octanol–water partition coefficient (Wildman–Crippen LogP) is 16.8. The van der Waals surface area contributed by atoms with E-state index in [0.29, 0.717) is 0 Å². The maximum atomic E-state index is 15.4. The van der Waals surface area contributed by atoms with Crippen molar-refractivity contribution < 1.29 is 92.7 Å². The molecule has 0 unspecified atom stereocenters. The van der Waals surface area contributed by atoms with Crippen molar-refractivity contribution in [3.05, 3.63) is 146 Å². The molecule has 0 aromatic heterocycles. The molecule has 5 rings (SSSR count). The van der Waals surface area contributed by atoms with Gasteiger partial charge in [-0.3, -0.25) is 0 Å². The zero-order chi connectivity index (χ0) is 60.3. The lowest BCUT2D eigenvalue weighted by Crippen LogP contribution is -3.07. The SMILES string of the molecule is CCCCCCCCCCCCCC[NH+](CCCCCCCCCCCCCC)c1ccccc1C.Fc1c(F)c(F)c([B-](c2c(F)c(F)c(F)c(F)c2F)(c2c(F)c(F)c(F)c(F)c2F)c2c(F)c(F)c(F)c(F)c2F)c(F)c1F. The summed E-state index contributed by atoms with van der Waals surface area (Å²) in [5, 5.41) is 0. The van der Waals surface area contributed by atoms with Crippen molar-refractivity contribution in [1.82, 2.24) is 0 Å². The number of halogens is 20. The zero-order valence-electron chi connectivity index (χ0n) is 45.3. The van der Waals surface area contributed by atoms with Crippen LogP contribution in [-0.4, -0.2) is 19.2 Å². The van der Waals surface area contributed by atoms with Gasteiger partial charge in [0, 0.05) is 5.56 Å². The summed E-state index contributed by atoms with van der Waals surface area (Å²) in [6.07, 6.45) is 27.3. The van der Waals surface area contributed by atoms with Crippen LogP contribution in [0.25, 0.3) is 0 Å². The highest BCUT2D eigenvalue weighted by Gasteiger charge is 2.52. The fraction of sp³-hybridized carbons (Fsp3) is 0.492. The summed E-state index contributed by atoms with van der Waals surface area (Å²) in [6, 6.07) is 9.13. The van der Waals surface area contributed by atoms with E-state index in [2.05, 4.69) is 45.0 Å². The number of para-hydroxylation sites is 1. The number of rotatable bonds is 31. The van der Waals surface area contributed by atoms with Crippen molar-refractivity contribution in [3.63, 3.8) is 0 Å². The minimum atomic E-state index is -7.22. The largest absolute Gasteiger partial charge is 0.302 e. The Hall–Kier alpha value is -5.28. The Bertz CT molecular complexity index is 2450. The second-order valence-corrected chi connectivity index (χ2v) is 20.5. The topological polar surface area (TPSA) is 4.44 Å². The molecule has 5 aromatic rings. The summed E-state index contributed by atoms with van der Waals surface area (Å²) < 4.78 is 294. The van der Waals surface area contributed by atoms with Crippen molar-refractivity contribution in [2.75, 3.05) is 13.1 Å². The number of aryl methyl sites for hydroxylation is 1. The lowest BCUT2D eigenvalue weighted by Gasteiger charge is -2.44. The first kappa shape index (κ1) is 68.2. The van der Waals surface area contributed by atoms with Gasteiger partial charge >= 0.3 is 0 Å². The number of hydrogen-bond donors (Lipinski definition) is 1. The first-order valence-corrected chi connectivity index (χ1v) is 27.6. The number of unbranched alkanes of at least 4 members (excludes halogenated alkanes) is 22. The Labute approximate surface area is 459 Å². The van der Waals surface area contributed by atoms with E-state index in [1.54, 1.807) is 10.6 Å². The second-order valence-electron chi connectivity index (χ2n) is 20.5. The molecule has 0 aliphatic carbocycles. The molecule has 0 bridgehead atoms. The second kappa shape index (κ2) is 32.5. The van der Waals surface area contributed by atoms with Gasteiger partial charge in [-0.25, -0.2) is 87.8 Å². The number of hydrogen-bond acceptors (Lipinski definition) is 0. The van der Waals surface area contributed by atoms with E-state index in [1.165, 1.54) is 173 Å². The van der Waals surface area contributed by atoms with Crippen LogP contribution in [0.2, 0.25) is 0 Å². The van der Waals surface area contributed by atoms with E-state index in [4.69, 9.17) is 0 Å². The van der Waals surface area contributed by atoms with Gasteiger partial charge in [-0.2, -0.15) is 0 Å². The third-order valence-electron chi connectivity index (χ3n) is 14.9. The third-order valence-corrected chi connectivity index (χ3v) is 14.9. The maximum absolute atomic E-state index is 15.4. The van der Waals surface area contributed by atoms with Crippen LogP contribution >= 0.6 is 0 Å². The summed E-state index contributed by atoms with van der Waals surface area (Å²) in [5.41, 5.74) is -11.3. The predicted molar refractivity (Wildman–Crippen MR) is 273 cm³/mol. The van der Waals surface area contributed by atoms with Crippen LogP contribution in [0.1, 0.15) is 174 Å². The first-order chi connectivity index (χ1) is 38.5. The molecule has 22 heteroatoms. The Kier molecular flexibility index (Phi) is 27.4. The molecule has 0 aliphatic rings. The van der Waals surface area contributed by atoms with E-state index in [9.17, 15) is 52.7 Å². The molecule has 0 radical (unpaired) electrons. The van der Waals surface area contributed by atoms with E-state index in [-0.39, 0.29) is 0 Å². The van der Waals surface area contributed by atoms with Crippen LogP contribution in [0.3, 0.4) is 0 Å². The fourth-order valence-electron chi connectivity index (χ4n) is 10.6. The van der Waals surface area contributed by atoms with E-state index in [1.807, 2.05) is 0 Å². The van der Waals surface area contributed by atoms with Gasteiger partial charge in [-0.1, -0.05) is 160 Å². The maximum Gasteiger partial charge on any atom is 0.200 e. The van der Waals surface area contributed by atoms with Gasteiger partial charge in [0.05, 0.1) is 13.1 Å². The lowest BCUT2D eigenvalue weighted by molar-refractivity contribution is -0.833. The standard InChI is InChI=1S/C35H65N.C24BF20/c1-4-6-8-10-12-14-16-18-20-22-24-28-32-36(35-31-27-26-30-34(35)3)33-29-25-23-21-19-17-15-13-11-9-7-5-2;26-5-1(6(27)14(35)21(42)13(5)34)25(2-7(28)15(36)22(43)16(37)8(2)29,3-9(30)17(38)23(44)18(39)10(3)31)4-11(32)19(40)24(45)20(41)12(4)33/h26-27,30-31H,4-25,28-29,32-33H2,1-3H3;/q;-1/p+1. The molecule has 450 valence electrons. The van der Waals surface area contributed by atoms with E-state index < -0.39 is 144 Å². The highest BCUT2D eigenvalue weighted by Crippen LogP contribution is 2.31. The number of quaternary nitrogens is 1. The monoisotopic (exact) mass is 1180 g/mol. The molecule has 0 spiro atoms. The summed E-state index contributed by atoms with van der Waals surface area (Å²) >= 11 is 0. The molecule has 0 saturated carbocycles. The molecule has 0 atom stereocenters. The summed E-state index contributed by atoms with van der Waals surface area (Å²) in [7, 11) is 0. The highest BCUT2D eigenvalue weighted by atomic mass is 19.2. The van der Waals surface area contributed by atoms with Crippen LogP contribution < -0.4 is 26.8 Å². The van der Waals surface area contributed by atoms with Crippen molar-refractivity contribution in [2.24, 2.45) is 0 Å². The molecule has 5 aromatic carbocycles. The molecule has 0 saturated heterocycles. The fourth-order valence-corrected chi connectivity index (χ4v) is 10.6. The van der Waals surface area contributed by atoms with Gasteiger partial charge in [0.15, 0.2) is 69.8 Å². The summed E-state index contributed by atoms with van der Waals surface area (Å²) in [6.45, 7) is 9.56. The van der Waals surface area contributed by atoms with Crippen LogP contribution in [0.5, 0.6) is 0 Å². The average Bonchev–Trinajstić information content (AvgIpc) is 3.56. The molecule has 1 nitrogen and oxygen atoms in total. The highest BCUT2D eigenvalue weighted by molar-refractivity contribution is 7.20. The molecule has 0 fully saturated rings. The molecular weight excluding hydrogens is 1110 g/mol. The Morgan fingerprint density at radius 3 is 0.654 bits per heavy atom. The van der Waals surface area contributed by atoms with E-state index in [0.717, 1.165) is 0 Å². The van der Waals surface area contributed by atoms with Crippen molar-refractivity contribution in [2.45, 2.75) is 175 Å². The van der Waals surface area contributed by atoms with E-state index >= 15 is 35.1 Å². The smallest absolute Gasteiger partial charge is 0.200 e. The van der Waals surface area contributed by atoms with Crippen LogP contribution in [0, 0.1) is 123 Å². The summed E-state index contributed by atoms with van der Waals surface area (Å²) in [5.74, 6) is -71.4. The normalized spacial score (nSPS) is 11.8. The van der Waals surface area contributed by atoms with Crippen molar-refractivity contribution >= 4 is 33.7 Å². The quantitative estimate of drug-likeness (QED) is 0.0148. The van der Waals surface area contributed by atoms with Crippen molar-refractivity contribution in [3.8, 4) is 0 Å². The van der Waals surface area contributed by atoms with Gasteiger partial charge in [0.25, 0.3) is 0 Å². The molecule has 1 N–H and O–H groups in total. The zero-order valence-corrected chi connectivity index (χ0v) is 45.3. The Balaban J connectivity index is 0.000000358. The first-order valence-electron chi connectivity index (χ1n) is 27.6. The molecule has 81 heavy (non-hydrogen) atoms. The van der Waals surface area contributed by atoms with Crippen LogP contribution in [0.4, 0.5) is 93.5 Å². The van der Waals surface area contributed by atoms with Gasteiger partial charge in [-0.05, 0) is 38.7 Å². The molecule has 0 aliphatic heterocycles. The third kappa shape index (κ3) is 15.9.